The van der Waals surface area contributed by atoms with Crippen molar-refractivity contribution in [2.75, 3.05) is 0 Å². The maximum atomic E-state index is 8.33. The van der Waals surface area contributed by atoms with Crippen molar-refractivity contribution >= 4 is 57.4 Å². The van der Waals surface area contributed by atoms with Gasteiger partial charge in [0.2, 0.25) is 0 Å². The van der Waals surface area contributed by atoms with Gasteiger partial charge in [0.1, 0.15) is 0 Å². The molecule has 0 aliphatic rings. The molecule has 8 heavy (non-hydrogen) atoms. The molecule has 0 N–H and O–H groups in total. The predicted octanol–water partition coefficient (Wildman–Crippen LogP) is -8.82. The largest absolute Gasteiger partial charge is 2.00 e. The van der Waals surface area contributed by atoms with Gasteiger partial charge in [0.25, 0.3) is 0 Å². The van der Waals surface area contributed by atoms with Crippen molar-refractivity contribution in [3.8, 4) is 0 Å². The maximum absolute atomic E-state index is 8.33. The standard InChI is InChI=1S/CH2O3.Ca.2K.S/c2-1(3)4;;;;/h(H2,2,3,4);;;;/q;+2;2*+1;-2/p-2. The molecule has 0 radical (unpaired) electrons. The number of rotatable bonds is 0. The second-order valence-corrected chi connectivity index (χ2v) is 0.250. The number of carbonyl (C=O) groups excluding carboxylic acids is 1. The van der Waals surface area contributed by atoms with E-state index in [0.29, 0.717) is 0 Å². The first kappa shape index (κ1) is 29.5. The van der Waals surface area contributed by atoms with Crippen molar-refractivity contribution in [2.24, 2.45) is 0 Å². The van der Waals surface area contributed by atoms with Crippen LogP contribution in [0.25, 0.3) is 0 Å². The molecule has 0 aliphatic heterocycles. The molecule has 0 saturated heterocycles. The average molecular weight is 210 g/mol. The van der Waals surface area contributed by atoms with Gasteiger partial charge >= 0.3 is 141 Å². The van der Waals surface area contributed by atoms with Crippen molar-refractivity contribution in [2.45, 2.75) is 0 Å². The van der Waals surface area contributed by atoms with Crippen LogP contribution in [0, 0.1) is 0 Å². The van der Waals surface area contributed by atoms with Crippen LogP contribution in [0.2, 0.25) is 0 Å². The fourth-order valence-corrected chi connectivity index (χ4v) is 0. The zero-order valence-electron chi connectivity index (χ0n) is 4.84. The molecule has 0 aromatic rings. The van der Waals surface area contributed by atoms with Crippen LogP contribution in [0.5, 0.6) is 0 Å². The first-order chi connectivity index (χ1) is 1.73. The molecule has 32 valence electrons. The van der Waals surface area contributed by atoms with Crippen LogP contribution in [0.15, 0.2) is 0 Å². The minimum Gasteiger partial charge on any atom is -2.00 e. The quantitative estimate of drug-likeness (QED) is 0.373. The van der Waals surface area contributed by atoms with Gasteiger partial charge in [-0.2, -0.15) is 0 Å². The first-order valence-electron chi connectivity index (χ1n) is 0.612. The molecule has 0 fully saturated rings. The van der Waals surface area contributed by atoms with E-state index in [1.54, 1.807) is 0 Å². The third-order valence-corrected chi connectivity index (χ3v) is 0. The van der Waals surface area contributed by atoms with Crippen LogP contribution >= 0.6 is 0 Å². The molecule has 0 saturated carbocycles. The molecule has 7 heteroatoms. The van der Waals surface area contributed by atoms with Crippen LogP contribution < -0.4 is 113 Å². The Bertz CT molecular complexity index is 40.3. The number of hydrogen-bond donors (Lipinski definition) is 0. The smallest absolute Gasteiger partial charge is 2.00 e. The van der Waals surface area contributed by atoms with E-state index in [0.717, 1.165) is 0 Å². The number of hydrogen-bond acceptors (Lipinski definition) is 3. The third kappa shape index (κ3) is 49.3. The van der Waals surface area contributed by atoms with Gasteiger partial charge in [0, 0.05) is 0 Å². The molecule has 0 bridgehead atoms. The molecule has 0 heterocycles. The molecular weight excluding hydrogens is 210 g/mol. The van der Waals surface area contributed by atoms with Crippen LogP contribution in [0.1, 0.15) is 0 Å². The van der Waals surface area contributed by atoms with Crippen LogP contribution in [-0.4, -0.2) is 43.9 Å². The van der Waals surface area contributed by atoms with E-state index in [4.69, 9.17) is 15.0 Å². The van der Waals surface area contributed by atoms with Gasteiger partial charge in [0.15, 0.2) is 0 Å². The van der Waals surface area contributed by atoms with Gasteiger partial charge in [-0.3, -0.25) is 0 Å². The Hall–Kier alpha value is 4.15. The van der Waals surface area contributed by atoms with E-state index < -0.39 is 6.16 Å². The molecule has 0 aromatic heterocycles. The number of carbonyl (C=O) groups is 1. The van der Waals surface area contributed by atoms with E-state index in [-0.39, 0.29) is 154 Å². The van der Waals surface area contributed by atoms with Gasteiger partial charge < -0.3 is 28.5 Å². The minimum atomic E-state index is -2.33. The summed E-state index contributed by atoms with van der Waals surface area (Å²) < 4.78 is 0. The predicted molar refractivity (Wildman–Crippen MR) is 18.5 cm³/mol. The SMILES string of the molecule is O=C([O-])[O-].[Ca+2].[K+].[K+].[S-2]. The normalized spacial score (nSPS) is 3.00. The van der Waals surface area contributed by atoms with Gasteiger partial charge in [-0.1, -0.05) is 0 Å². The van der Waals surface area contributed by atoms with Gasteiger partial charge in [0.05, 0.1) is 0 Å². The Kier molecular flexibility index (Phi) is 83.0. The molecule has 0 aliphatic carbocycles. The Morgan fingerprint density at radius 1 is 1.12 bits per heavy atom. The van der Waals surface area contributed by atoms with E-state index in [9.17, 15) is 0 Å². The molecule has 3 nitrogen and oxygen atoms in total. The van der Waals surface area contributed by atoms with Crippen LogP contribution in [0.4, 0.5) is 4.79 Å². The zero-order chi connectivity index (χ0) is 3.58. The van der Waals surface area contributed by atoms with E-state index in [1.165, 1.54) is 0 Å². The van der Waals surface area contributed by atoms with Crippen molar-refractivity contribution < 1.29 is 118 Å². The fourth-order valence-electron chi connectivity index (χ4n) is 0. The van der Waals surface area contributed by atoms with E-state index in [2.05, 4.69) is 0 Å². The van der Waals surface area contributed by atoms with Gasteiger partial charge in [-0.15, -0.1) is 0 Å². The number of carboxylic acid groups (broad SMARTS) is 2. The maximum Gasteiger partial charge on any atom is 2.00 e. The van der Waals surface area contributed by atoms with Crippen molar-refractivity contribution in [1.29, 1.82) is 0 Å². The Morgan fingerprint density at radius 3 is 1.12 bits per heavy atom. The summed E-state index contributed by atoms with van der Waals surface area (Å²) in [5.41, 5.74) is 0. The fraction of sp³-hybridized carbons (Fsp3) is 0. The second-order valence-electron chi connectivity index (χ2n) is 0.250. The zero-order valence-corrected chi connectivity index (χ0v) is 14.1. The topological polar surface area (TPSA) is 63.2 Å². The molecule has 0 spiro atoms. The molecular formula is CCaK2O3S. The average Bonchev–Trinajstić information content (AvgIpc) is 0.811. The van der Waals surface area contributed by atoms with Gasteiger partial charge in [-0.25, -0.2) is 0 Å². The monoisotopic (exact) mass is 210 g/mol. The minimum absolute atomic E-state index is 0. The van der Waals surface area contributed by atoms with Crippen molar-refractivity contribution in [3.63, 3.8) is 0 Å². The molecule has 0 aromatic carbocycles. The Balaban J connectivity index is -0.00000000750. The van der Waals surface area contributed by atoms with Gasteiger partial charge in [-0.05, 0) is 6.16 Å². The summed E-state index contributed by atoms with van der Waals surface area (Å²) >= 11 is 0. The summed E-state index contributed by atoms with van der Waals surface area (Å²) in [6.07, 6.45) is -2.33. The summed E-state index contributed by atoms with van der Waals surface area (Å²) in [6.45, 7) is 0. The van der Waals surface area contributed by atoms with Crippen LogP contribution in [-0.2, 0) is 13.5 Å². The van der Waals surface area contributed by atoms with Crippen molar-refractivity contribution in [3.05, 3.63) is 0 Å². The van der Waals surface area contributed by atoms with Crippen molar-refractivity contribution in [1.82, 2.24) is 0 Å². The summed E-state index contributed by atoms with van der Waals surface area (Å²) in [4.78, 5) is 8.33. The summed E-state index contributed by atoms with van der Waals surface area (Å²) in [6, 6.07) is 0. The third-order valence-electron chi connectivity index (χ3n) is 0. The molecule has 0 unspecified atom stereocenters. The molecule has 0 rings (SSSR count). The Labute approximate surface area is 170 Å². The summed E-state index contributed by atoms with van der Waals surface area (Å²) in [7, 11) is 0. The van der Waals surface area contributed by atoms with E-state index >= 15 is 0 Å². The Morgan fingerprint density at radius 2 is 1.12 bits per heavy atom. The van der Waals surface area contributed by atoms with E-state index in [1.807, 2.05) is 0 Å². The summed E-state index contributed by atoms with van der Waals surface area (Å²) in [5.74, 6) is 0. The van der Waals surface area contributed by atoms with Crippen LogP contribution in [0.3, 0.4) is 0 Å². The summed E-state index contributed by atoms with van der Waals surface area (Å²) in [5, 5.41) is 16.7. The second kappa shape index (κ2) is 22.5. The first-order valence-corrected chi connectivity index (χ1v) is 0.612. The molecule has 0 amide bonds. The molecule has 0 atom stereocenters.